The van der Waals surface area contributed by atoms with Gasteiger partial charge in [0.15, 0.2) is 5.69 Å². The van der Waals surface area contributed by atoms with Crippen molar-refractivity contribution in [1.82, 2.24) is 19.7 Å². The summed E-state index contributed by atoms with van der Waals surface area (Å²) >= 11 is 0. The zero-order valence-electron chi connectivity index (χ0n) is 16.5. The summed E-state index contributed by atoms with van der Waals surface area (Å²) in [6, 6.07) is 1.28. The number of carbonyl (C=O) groups is 1. The molecule has 154 valence electrons. The minimum absolute atomic E-state index is 0.119. The number of carboxylic acid groups (broad SMARTS) is 1. The summed E-state index contributed by atoms with van der Waals surface area (Å²) in [6.45, 7) is 0. The van der Waals surface area contributed by atoms with Crippen LogP contribution in [0.2, 0.25) is 0 Å². The molecule has 7 nitrogen and oxygen atoms in total. The maximum absolute atomic E-state index is 13.6. The van der Waals surface area contributed by atoms with Crippen molar-refractivity contribution in [2.45, 2.75) is 31.7 Å². The number of aromatic nitrogens is 4. The van der Waals surface area contributed by atoms with E-state index >= 15 is 0 Å². The van der Waals surface area contributed by atoms with E-state index in [9.17, 15) is 14.3 Å². The number of pyridine rings is 1. The Balaban J connectivity index is 1.46. The standard InChI is InChI=1S/C22H22FN5O2/c1-28-11-18(26-20-13-4-2-12(3-5-13)19(20)22(29)30)17(27-28)7-6-14-9-24-21-16(14)8-15(23)10-25-21/h8-13,19-20,26H,2-5H2,1H3,(H,24,25)(H,29,30)/t12-,13+,19-,20-/m0/s1. The van der Waals surface area contributed by atoms with E-state index in [0.29, 0.717) is 28.2 Å². The third-order valence-corrected chi connectivity index (χ3v) is 6.47. The Kier molecular flexibility index (Phi) is 4.46. The van der Waals surface area contributed by atoms with Crippen LogP contribution in [0.15, 0.2) is 24.7 Å². The van der Waals surface area contributed by atoms with E-state index in [-0.39, 0.29) is 17.9 Å². The third-order valence-electron chi connectivity index (χ3n) is 6.47. The second-order valence-electron chi connectivity index (χ2n) is 8.28. The summed E-state index contributed by atoms with van der Waals surface area (Å²) in [5.41, 5.74) is 2.48. The molecule has 0 aliphatic heterocycles. The molecule has 3 aromatic heterocycles. The molecule has 0 spiro atoms. The average molecular weight is 407 g/mol. The average Bonchev–Trinajstić information content (AvgIpc) is 3.29. The van der Waals surface area contributed by atoms with Crippen LogP contribution in [0.25, 0.3) is 11.0 Å². The molecule has 6 rings (SSSR count). The smallest absolute Gasteiger partial charge is 0.308 e. The molecule has 0 amide bonds. The highest BCUT2D eigenvalue weighted by Gasteiger charge is 2.47. The van der Waals surface area contributed by atoms with Crippen LogP contribution in [0.4, 0.5) is 10.1 Å². The van der Waals surface area contributed by atoms with Gasteiger partial charge in [0.1, 0.15) is 11.5 Å². The van der Waals surface area contributed by atoms with Crippen molar-refractivity contribution in [2.75, 3.05) is 5.32 Å². The molecular weight excluding hydrogens is 385 g/mol. The van der Waals surface area contributed by atoms with E-state index in [1.165, 1.54) is 6.07 Å². The molecule has 0 unspecified atom stereocenters. The lowest BCUT2D eigenvalue weighted by molar-refractivity contribution is -0.148. The van der Waals surface area contributed by atoms with Gasteiger partial charge in [-0.25, -0.2) is 9.37 Å². The van der Waals surface area contributed by atoms with Gasteiger partial charge in [-0.1, -0.05) is 5.92 Å². The Morgan fingerprint density at radius 1 is 1.30 bits per heavy atom. The molecule has 3 saturated carbocycles. The highest BCUT2D eigenvalue weighted by Crippen LogP contribution is 2.46. The van der Waals surface area contributed by atoms with Crippen LogP contribution in [-0.4, -0.2) is 36.9 Å². The molecule has 3 heterocycles. The number of hydrogen-bond acceptors (Lipinski definition) is 4. The second kappa shape index (κ2) is 7.17. The van der Waals surface area contributed by atoms with Gasteiger partial charge in [-0.2, -0.15) is 5.10 Å². The fraction of sp³-hybridized carbons (Fsp3) is 0.409. The Labute approximate surface area is 172 Å². The minimum Gasteiger partial charge on any atom is -0.481 e. The number of hydrogen-bond donors (Lipinski definition) is 3. The molecule has 3 aliphatic carbocycles. The Morgan fingerprint density at radius 2 is 2.07 bits per heavy atom. The first-order chi connectivity index (χ1) is 14.5. The molecule has 8 heteroatoms. The van der Waals surface area contributed by atoms with Crippen molar-refractivity contribution in [3.63, 3.8) is 0 Å². The van der Waals surface area contributed by atoms with E-state index in [0.717, 1.165) is 37.6 Å². The lowest BCUT2D eigenvalue weighted by Crippen LogP contribution is -2.51. The van der Waals surface area contributed by atoms with Crippen molar-refractivity contribution in [3.05, 3.63) is 41.7 Å². The quantitative estimate of drug-likeness (QED) is 0.580. The highest BCUT2D eigenvalue weighted by atomic mass is 19.1. The fourth-order valence-electron chi connectivity index (χ4n) is 5.09. The van der Waals surface area contributed by atoms with Gasteiger partial charge in [-0.3, -0.25) is 9.48 Å². The number of rotatable bonds is 3. The number of fused-ring (bicyclic) bond motifs is 4. The van der Waals surface area contributed by atoms with Crippen molar-refractivity contribution in [1.29, 1.82) is 0 Å². The second-order valence-corrected chi connectivity index (χ2v) is 8.28. The zero-order chi connectivity index (χ0) is 20.8. The van der Waals surface area contributed by atoms with Crippen LogP contribution < -0.4 is 5.32 Å². The molecule has 2 bridgehead atoms. The first kappa shape index (κ1) is 18.7. The first-order valence-corrected chi connectivity index (χ1v) is 10.2. The topological polar surface area (TPSA) is 95.8 Å². The molecule has 30 heavy (non-hydrogen) atoms. The summed E-state index contributed by atoms with van der Waals surface area (Å²) in [4.78, 5) is 18.9. The molecule has 0 aromatic carbocycles. The number of nitrogens with zero attached hydrogens (tertiary/aromatic N) is 3. The Bertz CT molecular complexity index is 1180. The maximum atomic E-state index is 13.6. The largest absolute Gasteiger partial charge is 0.481 e. The van der Waals surface area contributed by atoms with E-state index in [1.807, 2.05) is 13.2 Å². The predicted molar refractivity (Wildman–Crippen MR) is 109 cm³/mol. The van der Waals surface area contributed by atoms with Crippen molar-refractivity contribution < 1.29 is 14.3 Å². The number of carboxylic acids is 1. The predicted octanol–water partition coefficient (Wildman–Crippen LogP) is 3.14. The summed E-state index contributed by atoms with van der Waals surface area (Å²) in [5, 5.41) is 18.3. The highest BCUT2D eigenvalue weighted by molar-refractivity contribution is 5.83. The van der Waals surface area contributed by atoms with E-state index < -0.39 is 11.8 Å². The van der Waals surface area contributed by atoms with E-state index in [4.69, 9.17) is 0 Å². The van der Waals surface area contributed by atoms with Crippen molar-refractivity contribution >= 4 is 22.7 Å². The van der Waals surface area contributed by atoms with Gasteiger partial charge >= 0.3 is 5.97 Å². The van der Waals surface area contributed by atoms with Crippen LogP contribution in [-0.2, 0) is 11.8 Å². The molecule has 3 aromatic rings. The summed E-state index contributed by atoms with van der Waals surface area (Å²) in [6.07, 6.45) is 8.79. The van der Waals surface area contributed by atoms with Crippen molar-refractivity contribution in [3.8, 4) is 11.8 Å². The number of aliphatic carboxylic acids is 1. The number of aromatic amines is 1. The van der Waals surface area contributed by atoms with Gasteiger partial charge in [-0.15, -0.1) is 0 Å². The van der Waals surface area contributed by atoms with Gasteiger partial charge in [-0.05, 0) is 49.5 Å². The zero-order valence-corrected chi connectivity index (χ0v) is 16.5. The van der Waals surface area contributed by atoms with Crippen LogP contribution in [0.5, 0.6) is 0 Å². The molecule has 3 N–H and O–H groups in total. The number of nitrogens with one attached hydrogen (secondary N) is 2. The first-order valence-electron chi connectivity index (χ1n) is 10.2. The Hall–Kier alpha value is -3.34. The van der Waals surface area contributed by atoms with Gasteiger partial charge in [0.25, 0.3) is 0 Å². The lowest BCUT2D eigenvalue weighted by Gasteiger charge is -2.47. The third kappa shape index (κ3) is 3.20. The van der Waals surface area contributed by atoms with Gasteiger partial charge < -0.3 is 15.4 Å². The van der Waals surface area contributed by atoms with Crippen LogP contribution >= 0.6 is 0 Å². The fourth-order valence-corrected chi connectivity index (χ4v) is 5.09. The van der Waals surface area contributed by atoms with Crippen LogP contribution in [0.1, 0.15) is 36.9 Å². The number of H-pyrrole nitrogens is 1. The summed E-state index contributed by atoms with van der Waals surface area (Å²) < 4.78 is 15.2. The lowest BCUT2D eigenvalue weighted by atomic mass is 9.61. The monoisotopic (exact) mass is 407 g/mol. The summed E-state index contributed by atoms with van der Waals surface area (Å²) in [7, 11) is 1.81. The number of aryl methyl sites for hydroxylation is 1. The van der Waals surface area contributed by atoms with Crippen LogP contribution in [0, 0.1) is 35.4 Å². The molecule has 3 fully saturated rings. The molecular formula is C22H22FN5O2. The van der Waals surface area contributed by atoms with Gasteiger partial charge in [0.2, 0.25) is 0 Å². The maximum Gasteiger partial charge on any atom is 0.308 e. The normalized spacial score (nSPS) is 25.1. The Morgan fingerprint density at radius 3 is 2.83 bits per heavy atom. The number of halogens is 1. The molecule has 2 atom stereocenters. The van der Waals surface area contributed by atoms with E-state index in [1.54, 1.807) is 10.9 Å². The van der Waals surface area contributed by atoms with Crippen LogP contribution in [0.3, 0.4) is 0 Å². The number of anilines is 1. The van der Waals surface area contributed by atoms with Gasteiger partial charge in [0.05, 0.1) is 23.4 Å². The molecule has 0 saturated heterocycles. The van der Waals surface area contributed by atoms with E-state index in [2.05, 4.69) is 32.2 Å². The SMILES string of the molecule is Cn1cc(N[C@H]2[C@H]3CC[C@H](CC3)[C@@H]2C(=O)O)c(C#Cc2c[nH]c3ncc(F)cc23)n1. The molecule has 0 radical (unpaired) electrons. The minimum atomic E-state index is -0.730. The molecule has 3 aliphatic rings. The van der Waals surface area contributed by atoms with Crippen molar-refractivity contribution in [2.24, 2.45) is 24.8 Å². The van der Waals surface area contributed by atoms with Gasteiger partial charge in [0, 0.05) is 30.9 Å². The summed E-state index contributed by atoms with van der Waals surface area (Å²) in [5.74, 6) is 5.15.